The number of nitrogens with zero attached hydrogens (tertiary/aromatic N) is 2. The van der Waals surface area contributed by atoms with E-state index in [0.29, 0.717) is 28.8 Å². The summed E-state index contributed by atoms with van der Waals surface area (Å²) in [7, 11) is 0. The molecule has 0 saturated heterocycles. The minimum Gasteiger partial charge on any atom is -0.465 e. The smallest absolute Gasteiger partial charge is 0.274 e. The molecule has 4 nitrogen and oxygen atoms in total. The molecule has 27 heavy (non-hydrogen) atoms. The number of thiazole rings is 1. The normalized spacial score (nSPS) is 13.6. The summed E-state index contributed by atoms with van der Waals surface area (Å²) in [6, 6.07) is 11.2. The van der Waals surface area contributed by atoms with E-state index in [-0.39, 0.29) is 18.1 Å². The zero-order chi connectivity index (χ0) is 19.0. The van der Waals surface area contributed by atoms with Crippen LogP contribution < -0.4 is 9.64 Å². The van der Waals surface area contributed by atoms with Gasteiger partial charge in [0.05, 0.1) is 11.4 Å². The molecule has 138 valence electrons. The summed E-state index contributed by atoms with van der Waals surface area (Å²) in [5, 5.41) is 0.413. The van der Waals surface area contributed by atoms with Crippen molar-refractivity contribution in [1.82, 2.24) is 4.98 Å². The summed E-state index contributed by atoms with van der Waals surface area (Å²) in [5.74, 6) is -1.78. The van der Waals surface area contributed by atoms with Crippen LogP contribution in [-0.4, -0.2) is 17.4 Å². The predicted molar refractivity (Wildman–Crippen MR) is 99.4 cm³/mol. The van der Waals surface area contributed by atoms with E-state index in [4.69, 9.17) is 4.74 Å². The van der Waals surface area contributed by atoms with Crippen molar-refractivity contribution >= 4 is 22.9 Å². The largest absolute Gasteiger partial charge is 0.465 e. The summed E-state index contributed by atoms with van der Waals surface area (Å²) in [6.07, 6.45) is 0.488. The number of benzene rings is 2. The van der Waals surface area contributed by atoms with Gasteiger partial charge in [-0.15, -0.1) is 0 Å². The SMILES string of the molecule is Cc1cccc(COc2nc3c(s2)C(=O)N(c2ccc(F)cc2F)CC3)c1. The van der Waals surface area contributed by atoms with Gasteiger partial charge in [-0.1, -0.05) is 41.2 Å². The van der Waals surface area contributed by atoms with Crippen LogP contribution in [-0.2, 0) is 13.0 Å². The van der Waals surface area contributed by atoms with Gasteiger partial charge in [0.2, 0.25) is 0 Å². The first-order chi connectivity index (χ1) is 13.0. The molecular weight excluding hydrogens is 370 g/mol. The number of hydrogen-bond acceptors (Lipinski definition) is 4. The molecule has 0 fully saturated rings. The van der Waals surface area contributed by atoms with Crippen molar-refractivity contribution in [1.29, 1.82) is 0 Å². The molecule has 1 aliphatic heterocycles. The van der Waals surface area contributed by atoms with Crippen LogP contribution in [0.1, 0.15) is 26.5 Å². The second-order valence-corrected chi connectivity index (χ2v) is 7.30. The maximum atomic E-state index is 14.1. The van der Waals surface area contributed by atoms with E-state index in [1.54, 1.807) is 0 Å². The lowest BCUT2D eigenvalue weighted by molar-refractivity contribution is 0.0983. The van der Waals surface area contributed by atoms with Crippen LogP contribution in [0.5, 0.6) is 5.19 Å². The Morgan fingerprint density at radius 3 is 2.85 bits per heavy atom. The maximum Gasteiger partial charge on any atom is 0.274 e. The van der Waals surface area contributed by atoms with Crippen molar-refractivity contribution in [2.75, 3.05) is 11.4 Å². The van der Waals surface area contributed by atoms with Gasteiger partial charge >= 0.3 is 0 Å². The summed E-state index contributed by atoms with van der Waals surface area (Å²) in [6.45, 7) is 2.65. The molecule has 7 heteroatoms. The third kappa shape index (κ3) is 3.55. The summed E-state index contributed by atoms with van der Waals surface area (Å²) >= 11 is 1.15. The molecule has 0 atom stereocenters. The van der Waals surface area contributed by atoms with Crippen molar-refractivity contribution in [3.8, 4) is 5.19 Å². The Labute approximate surface area is 159 Å². The fourth-order valence-electron chi connectivity index (χ4n) is 3.05. The summed E-state index contributed by atoms with van der Waals surface area (Å²) < 4.78 is 32.9. The number of fused-ring (bicyclic) bond motifs is 1. The minimum absolute atomic E-state index is 0.0719. The van der Waals surface area contributed by atoms with Crippen molar-refractivity contribution < 1.29 is 18.3 Å². The highest BCUT2D eigenvalue weighted by Crippen LogP contribution is 2.33. The van der Waals surface area contributed by atoms with E-state index in [0.717, 1.165) is 34.6 Å². The highest BCUT2D eigenvalue weighted by Gasteiger charge is 2.31. The number of halogens is 2. The molecule has 4 rings (SSSR count). The van der Waals surface area contributed by atoms with E-state index >= 15 is 0 Å². The molecule has 1 aliphatic rings. The predicted octanol–water partition coefficient (Wildman–Crippen LogP) is 4.51. The summed E-state index contributed by atoms with van der Waals surface area (Å²) in [5.41, 5.74) is 2.89. The Bertz CT molecular complexity index is 1020. The van der Waals surface area contributed by atoms with Gasteiger partial charge in [0, 0.05) is 19.0 Å². The average molecular weight is 386 g/mol. The van der Waals surface area contributed by atoms with Crippen LogP contribution in [0.4, 0.5) is 14.5 Å². The highest BCUT2D eigenvalue weighted by atomic mass is 32.1. The van der Waals surface area contributed by atoms with Crippen LogP contribution >= 0.6 is 11.3 Å². The van der Waals surface area contributed by atoms with Crippen molar-refractivity contribution in [3.05, 3.63) is 75.8 Å². The summed E-state index contributed by atoms with van der Waals surface area (Å²) in [4.78, 5) is 18.9. The van der Waals surface area contributed by atoms with Gasteiger partial charge in [-0.3, -0.25) is 4.79 Å². The second kappa shape index (κ2) is 7.08. The molecule has 1 amide bonds. The molecule has 1 aromatic heterocycles. The second-order valence-electron chi connectivity index (χ2n) is 6.34. The van der Waals surface area contributed by atoms with Crippen LogP contribution in [0.15, 0.2) is 42.5 Å². The number of anilines is 1. The van der Waals surface area contributed by atoms with E-state index in [9.17, 15) is 13.6 Å². The lowest BCUT2D eigenvalue weighted by atomic mass is 10.1. The lowest BCUT2D eigenvalue weighted by Gasteiger charge is -2.26. The zero-order valence-electron chi connectivity index (χ0n) is 14.5. The molecule has 0 unspecified atom stereocenters. The monoisotopic (exact) mass is 386 g/mol. The molecule has 0 bridgehead atoms. The van der Waals surface area contributed by atoms with Gasteiger partial charge in [0.1, 0.15) is 23.1 Å². The topological polar surface area (TPSA) is 42.4 Å². The number of ether oxygens (including phenoxy) is 1. The zero-order valence-corrected chi connectivity index (χ0v) is 15.4. The number of aryl methyl sites for hydroxylation is 1. The van der Waals surface area contributed by atoms with Crippen molar-refractivity contribution in [2.24, 2.45) is 0 Å². The first-order valence-corrected chi connectivity index (χ1v) is 9.28. The molecule has 3 aromatic rings. The van der Waals surface area contributed by atoms with Gasteiger partial charge in [0.15, 0.2) is 0 Å². The van der Waals surface area contributed by atoms with Gasteiger partial charge in [-0.25, -0.2) is 13.8 Å². The minimum atomic E-state index is -0.757. The van der Waals surface area contributed by atoms with Crippen LogP contribution in [0.25, 0.3) is 0 Å². The molecule has 0 N–H and O–H groups in total. The molecule has 0 spiro atoms. The number of carbonyl (C=O) groups is 1. The standard InChI is InChI=1S/C20H16F2N2O2S/c1-12-3-2-4-13(9-12)11-26-20-23-16-7-8-24(19(25)18(16)27-20)17-6-5-14(21)10-15(17)22/h2-6,9-10H,7-8,11H2,1H3. The Balaban J connectivity index is 1.53. The fraction of sp³-hybridized carbons (Fsp3) is 0.200. The quantitative estimate of drug-likeness (QED) is 0.663. The lowest BCUT2D eigenvalue weighted by Crippen LogP contribution is -2.37. The molecular formula is C20H16F2N2O2S. The van der Waals surface area contributed by atoms with Crippen LogP contribution in [0.3, 0.4) is 0 Å². The average Bonchev–Trinajstić information content (AvgIpc) is 3.05. The number of rotatable bonds is 4. The Morgan fingerprint density at radius 1 is 1.22 bits per heavy atom. The van der Waals surface area contributed by atoms with Crippen LogP contribution in [0.2, 0.25) is 0 Å². The number of hydrogen-bond donors (Lipinski definition) is 0. The number of aromatic nitrogens is 1. The molecule has 2 heterocycles. The molecule has 0 radical (unpaired) electrons. The number of carbonyl (C=O) groups excluding carboxylic acids is 1. The maximum absolute atomic E-state index is 14.1. The molecule has 0 aliphatic carbocycles. The highest BCUT2D eigenvalue weighted by molar-refractivity contribution is 7.15. The van der Waals surface area contributed by atoms with Crippen LogP contribution in [0, 0.1) is 18.6 Å². The first-order valence-electron chi connectivity index (χ1n) is 8.46. The van der Waals surface area contributed by atoms with E-state index in [2.05, 4.69) is 4.98 Å². The van der Waals surface area contributed by atoms with Crippen molar-refractivity contribution in [3.63, 3.8) is 0 Å². The van der Waals surface area contributed by atoms with Gasteiger partial charge in [-0.05, 0) is 24.6 Å². The fourth-order valence-corrected chi connectivity index (χ4v) is 3.96. The van der Waals surface area contributed by atoms with E-state index in [1.165, 1.54) is 11.0 Å². The number of amides is 1. The van der Waals surface area contributed by atoms with Gasteiger partial charge in [0.25, 0.3) is 11.1 Å². The Hall–Kier alpha value is -2.80. The van der Waals surface area contributed by atoms with Crippen molar-refractivity contribution in [2.45, 2.75) is 20.0 Å². The Kier molecular flexibility index (Phi) is 4.61. The third-order valence-corrected chi connectivity index (χ3v) is 5.33. The van der Waals surface area contributed by atoms with Gasteiger partial charge in [-0.2, -0.15) is 0 Å². The van der Waals surface area contributed by atoms with Gasteiger partial charge < -0.3 is 9.64 Å². The van der Waals surface area contributed by atoms with E-state index < -0.39 is 11.6 Å². The molecule has 2 aromatic carbocycles. The molecule has 0 saturated carbocycles. The first kappa shape index (κ1) is 17.6. The third-order valence-electron chi connectivity index (χ3n) is 4.33. The Morgan fingerprint density at radius 2 is 2.07 bits per heavy atom. The van der Waals surface area contributed by atoms with E-state index in [1.807, 2.05) is 31.2 Å².